The van der Waals surface area contributed by atoms with Gasteiger partial charge >= 0.3 is 0 Å². The number of fused-ring (bicyclic) bond motifs is 1. The van der Waals surface area contributed by atoms with Crippen LogP contribution >= 0.6 is 11.3 Å². The van der Waals surface area contributed by atoms with Crippen molar-refractivity contribution in [2.45, 2.75) is 6.04 Å². The van der Waals surface area contributed by atoms with Gasteiger partial charge in [-0.05, 0) is 28.6 Å². The van der Waals surface area contributed by atoms with Crippen LogP contribution in [0.15, 0.2) is 54.0 Å². The molecule has 0 aliphatic heterocycles. The number of nitrogens with two attached hydrogens (primary N) is 1. The number of hydrogen-bond donors (Lipinski definition) is 2. The van der Waals surface area contributed by atoms with Gasteiger partial charge in [0.15, 0.2) is 0 Å². The first-order valence-corrected chi connectivity index (χ1v) is 6.60. The van der Waals surface area contributed by atoms with Crippen molar-refractivity contribution in [2.24, 2.45) is 5.84 Å². The Balaban J connectivity index is 2.05. The largest absolute Gasteiger partial charge is 0.271 e. The van der Waals surface area contributed by atoms with Crippen LogP contribution in [0, 0.1) is 0 Å². The summed E-state index contributed by atoms with van der Waals surface area (Å²) in [6.45, 7) is 0. The first-order chi connectivity index (χ1) is 8.88. The molecule has 1 unspecified atom stereocenters. The van der Waals surface area contributed by atoms with Gasteiger partial charge in [0.05, 0.1) is 16.3 Å². The van der Waals surface area contributed by atoms with E-state index in [2.05, 4.69) is 34.0 Å². The molecule has 0 aliphatic rings. The fourth-order valence-electron chi connectivity index (χ4n) is 2.05. The molecule has 0 saturated heterocycles. The van der Waals surface area contributed by atoms with Crippen molar-refractivity contribution < 1.29 is 0 Å². The third-order valence-corrected chi connectivity index (χ3v) is 3.81. The molecule has 0 fully saturated rings. The van der Waals surface area contributed by atoms with Crippen molar-refractivity contribution in [3.63, 3.8) is 0 Å². The van der Waals surface area contributed by atoms with Crippen molar-refractivity contribution in [3.8, 4) is 0 Å². The molecule has 3 N–H and O–H groups in total. The minimum absolute atomic E-state index is 0.0230. The number of rotatable bonds is 3. The maximum Gasteiger partial charge on any atom is 0.0809 e. The third-order valence-electron chi connectivity index (χ3n) is 2.96. The number of thiophene rings is 1. The summed E-state index contributed by atoms with van der Waals surface area (Å²) in [6, 6.07) is 14.3. The van der Waals surface area contributed by atoms with Crippen molar-refractivity contribution in [1.82, 2.24) is 10.4 Å². The second-order valence-corrected chi connectivity index (χ2v) is 5.03. The Hall–Kier alpha value is -1.75. The lowest BCUT2D eigenvalue weighted by Crippen LogP contribution is -2.28. The van der Waals surface area contributed by atoms with E-state index in [-0.39, 0.29) is 6.04 Å². The summed E-state index contributed by atoms with van der Waals surface area (Å²) in [7, 11) is 0. The van der Waals surface area contributed by atoms with Crippen LogP contribution in [-0.4, -0.2) is 4.98 Å². The zero-order valence-electron chi connectivity index (χ0n) is 9.71. The molecule has 1 aromatic carbocycles. The van der Waals surface area contributed by atoms with E-state index < -0.39 is 0 Å². The molecule has 18 heavy (non-hydrogen) atoms. The smallest absolute Gasteiger partial charge is 0.0809 e. The van der Waals surface area contributed by atoms with Gasteiger partial charge in [0.2, 0.25) is 0 Å². The van der Waals surface area contributed by atoms with Gasteiger partial charge in [-0.1, -0.05) is 30.3 Å². The Bertz CT molecular complexity index is 648. The highest BCUT2D eigenvalue weighted by molar-refractivity contribution is 7.17. The molecule has 4 heteroatoms. The highest BCUT2D eigenvalue weighted by atomic mass is 32.1. The summed E-state index contributed by atoms with van der Waals surface area (Å²) in [5, 5.41) is 2.05. The number of hydrazine groups is 1. The number of benzene rings is 1. The molecular weight excluding hydrogens is 242 g/mol. The number of nitrogens with one attached hydrogen (secondary N) is 1. The summed E-state index contributed by atoms with van der Waals surface area (Å²) in [5.41, 5.74) is 6.11. The lowest BCUT2D eigenvalue weighted by atomic mass is 10.0. The summed E-state index contributed by atoms with van der Waals surface area (Å²) in [6.07, 6.45) is 1.88. The Morgan fingerprint density at radius 2 is 1.94 bits per heavy atom. The lowest BCUT2D eigenvalue weighted by Gasteiger charge is -2.16. The van der Waals surface area contributed by atoms with Gasteiger partial charge in [-0.3, -0.25) is 10.8 Å². The summed E-state index contributed by atoms with van der Waals surface area (Å²) in [4.78, 5) is 4.45. The molecule has 3 rings (SSSR count). The minimum Gasteiger partial charge on any atom is -0.271 e. The number of hydrogen-bond acceptors (Lipinski definition) is 4. The standard InChI is InChI=1S/C14H13N3S/c15-17-14(10-4-2-1-3-5-10)11-8-13-12(16-9-11)6-7-18-13/h1-9,14,17H,15H2. The Kier molecular flexibility index (Phi) is 3.06. The topological polar surface area (TPSA) is 50.9 Å². The molecular formula is C14H13N3S. The van der Waals surface area contributed by atoms with E-state index in [1.165, 1.54) is 4.70 Å². The molecule has 2 aromatic heterocycles. The monoisotopic (exact) mass is 255 g/mol. The normalized spacial score (nSPS) is 12.7. The second kappa shape index (κ2) is 4.86. The number of pyridine rings is 1. The molecule has 0 amide bonds. The van der Waals surface area contributed by atoms with E-state index in [1.807, 2.05) is 30.5 Å². The molecule has 1 atom stereocenters. The SMILES string of the molecule is NNC(c1ccccc1)c1cnc2ccsc2c1. The van der Waals surface area contributed by atoms with Crippen molar-refractivity contribution in [2.75, 3.05) is 0 Å². The molecule has 0 saturated carbocycles. The van der Waals surface area contributed by atoms with Crippen LogP contribution < -0.4 is 11.3 Å². The Morgan fingerprint density at radius 3 is 2.72 bits per heavy atom. The quantitative estimate of drug-likeness (QED) is 0.559. The van der Waals surface area contributed by atoms with Gasteiger partial charge < -0.3 is 0 Å². The average molecular weight is 255 g/mol. The maximum absolute atomic E-state index is 5.68. The van der Waals surface area contributed by atoms with Gasteiger partial charge in [-0.25, -0.2) is 5.43 Å². The third kappa shape index (κ3) is 2.01. The second-order valence-electron chi connectivity index (χ2n) is 4.08. The van der Waals surface area contributed by atoms with Crippen molar-refractivity contribution >= 4 is 21.6 Å². The summed E-state index contributed by atoms with van der Waals surface area (Å²) in [5.74, 6) is 5.68. The first kappa shape index (κ1) is 11.3. The number of aromatic nitrogens is 1. The average Bonchev–Trinajstić information content (AvgIpc) is 2.88. The molecule has 0 radical (unpaired) electrons. The van der Waals surface area contributed by atoms with Crippen LogP contribution in [-0.2, 0) is 0 Å². The van der Waals surface area contributed by atoms with Gasteiger partial charge in [0.25, 0.3) is 0 Å². The lowest BCUT2D eigenvalue weighted by molar-refractivity contribution is 0.636. The highest BCUT2D eigenvalue weighted by Gasteiger charge is 2.13. The molecule has 3 nitrogen and oxygen atoms in total. The van der Waals surface area contributed by atoms with Gasteiger partial charge in [-0.15, -0.1) is 11.3 Å². The molecule has 0 bridgehead atoms. The van der Waals surface area contributed by atoms with E-state index in [0.29, 0.717) is 0 Å². The van der Waals surface area contributed by atoms with E-state index in [4.69, 9.17) is 5.84 Å². The van der Waals surface area contributed by atoms with Crippen molar-refractivity contribution in [1.29, 1.82) is 0 Å². The van der Waals surface area contributed by atoms with Gasteiger partial charge in [-0.2, -0.15) is 0 Å². The van der Waals surface area contributed by atoms with Crippen molar-refractivity contribution in [3.05, 3.63) is 65.2 Å². The molecule has 3 aromatic rings. The van der Waals surface area contributed by atoms with E-state index in [1.54, 1.807) is 11.3 Å². The predicted octanol–water partition coefficient (Wildman–Crippen LogP) is 2.85. The summed E-state index contributed by atoms with van der Waals surface area (Å²) >= 11 is 1.69. The molecule has 0 spiro atoms. The van der Waals surface area contributed by atoms with E-state index in [9.17, 15) is 0 Å². The fourth-order valence-corrected chi connectivity index (χ4v) is 2.84. The Morgan fingerprint density at radius 1 is 1.11 bits per heavy atom. The minimum atomic E-state index is -0.0230. The van der Waals surface area contributed by atoms with Crippen LogP contribution in [0.5, 0.6) is 0 Å². The van der Waals surface area contributed by atoms with E-state index in [0.717, 1.165) is 16.6 Å². The zero-order chi connectivity index (χ0) is 12.4. The fraction of sp³-hybridized carbons (Fsp3) is 0.0714. The highest BCUT2D eigenvalue weighted by Crippen LogP contribution is 2.25. The maximum atomic E-state index is 5.68. The zero-order valence-corrected chi connectivity index (χ0v) is 10.5. The first-order valence-electron chi connectivity index (χ1n) is 5.73. The van der Waals surface area contributed by atoms with Crippen LogP contribution in [0.4, 0.5) is 0 Å². The van der Waals surface area contributed by atoms with Crippen LogP contribution in [0.25, 0.3) is 10.2 Å². The molecule has 90 valence electrons. The van der Waals surface area contributed by atoms with Crippen LogP contribution in [0.3, 0.4) is 0 Å². The van der Waals surface area contributed by atoms with E-state index >= 15 is 0 Å². The predicted molar refractivity (Wildman–Crippen MR) is 75.2 cm³/mol. The molecule has 2 heterocycles. The van der Waals surface area contributed by atoms with Crippen LogP contribution in [0.2, 0.25) is 0 Å². The van der Waals surface area contributed by atoms with Crippen LogP contribution in [0.1, 0.15) is 17.2 Å². The summed E-state index contributed by atoms with van der Waals surface area (Å²) < 4.78 is 1.18. The molecule has 0 aliphatic carbocycles. The van der Waals surface area contributed by atoms with Gasteiger partial charge in [0, 0.05) is 6.20 Å². The van der Waals surface area contributed by atoms with Gasteiger partial charge in [0.1, 0.15) is 0 Å². The Labute approximate surface area is 109 Å². The number of nitrogens with zero attached hydrogens (tertiary/aromatic N) is 1.